The summed E-state index contributed by atoms with van der Waals surface area (Å²) in [6, 6.07) is 3.35. The van der Waals surface area contributed by atoms with Crippen molar-refractivity contribution in [3.8, 4) is 17.2 Å². The third kappa shape index (κ3) is 3.09. The van der Waals surface area contributed by atoms with Crippen LogP contribution in [0.15, 0.2) is 16.7 Å². The lowest BCUT2D eigenvalue weighted by atomic mass is 10.2. The predicted molar refractivity (Wildman–Crippen MR) is 88.2 cm³/mol. The smallest absolute Gasteiger partial charge is 0.261 e. The molecule has 1 saturated heterocycles. The Hall–Kier alpha value is -1.05. The number of aromatic nitrogens is 2. The SMILES string of the molecule is COc1cc(N)c(Cl)cc1-c1nc(C2CSCCS2)no1. The molecule has 8 heteroatoms. The largest absolute Gasteiger partial charge is 0.496 e. The molecule has 0 radical (unpaired) electrons. The number of halogens is 1. The van der Waals surface area contributed by atoms with Crippen molar-refractivity contribution in [1.29, 1.82) is 0 Å². The predicted octanol–water partition coefficient (Wildman–Crippen LogP) is 3.50. The molecule has 0 spiro atoms. The summed E-state index contributed by atoms with van der Waals surface area (Å²) in [7, 11) is 1.57. The number of nitrogens with zero attached hydrogens (tertiary/aromatic N) is 2. The summed E-state index contributed by atoms with van der Waals surface area (Å²) in [4.78, 5) is 4.49. The van der Waals surface area contributed by atoms with Gasteiger partial charge in [-0.05, 0) is 6.07 Å². The van der Waals surface area contributed by atoms with E-state index in [1.807, 2.05) is 23.5 Å². The van der Waals surface area contributed by atoms with Gasteiger partial charge in [-0.25, -0.2) is 0 Å². The van der Waals surface area contributed by atoms with Crippen LogP contribution in [0, 0.1) is 0 Å². The highest BCUT2D eigenvalue weighted by Crippen LogP contribution is 2.38. The fourth-order valence-electron chi connectivity index (χ4n) is 2.02. The number of hydrogen-bond donors (Lipinski definition) is 1. The van der Waals surface area contributed by atoms with Crippen molar-refractivity contribution >= 4 is 40.8 Å². The average molecular weight is 344 g/mol. The van der Waals surface area contributed by atoms with Gasteiger partial charge in [0.2, 0.25) is 0 Å². The Morgan fingerprint density at radius 1 is 1.43 bits per heavy atom. The highest BCUT2D eigenvalue weighted by Gasteiger charge is 2.23. The second-order valence-electron chi connectivity index (χ2n) is 4.47. The summed E-state index contributed by atoms with van der Waals surface area (Å²) in [5.41, 5.74) is 6.89. The standard InChI is InChI=1S/C13H14ClN3O2S2/c1-18-10-5-9(15)8(14)4-7(10)13-16-12(17-19-13)11-6-20-2-3-21-11/h4-5,11H,2-3,6,15H2,1H3. The lowest BCUT2D eigenvalue weighted by molar-refractivity contribution is 0.403. The molecule has 2 aromatic rings. The molecule has 0 saturated carbocycles. The second kappa shape index (κ2) is 6.37. The van der Waals surface area contributed by atoms with Crippen molar-refractivity contribution in [3.63, 3.8) is 0 Å². The van der Waals surface area contributed by atoms with Gasteiger partial charge in [-0.3, -0.25) is 0 Å². The molecule has 1 aromatic heterocycles. The van der Waals surface area contributed by atoms with Crippen molar-refractivity contribution in [2.24, 2.45) is 0 Å². The third-order valence-corrected chi connectivity index (χ3v) is 6.17. The molecular formula is C13H14ClN3O2S2. The Morgan fingerprint density at radius 3 is 3.00 bits per heavy atom. The Labute approximate surface area is 135 Å². The van der Waals surface area contributed by atoms with Gasteiger partial charge >= 0.3 is 0 Å². The van der Waals surface area contributed by atoms with Crippen molar-refractivity contribution in [3.05, 3.63) is 23.0 Å². The first-order valence-corrected chi connectivity index (χ1v) is 8.93. The maximum atomic E-state index is 6.07. The van der Waals surface area contributed by atoms with Gasteiger partial charge < -0.3 is 15.0 Å². The number of thioether (sulfide) groups is 2. The Bertz CT molecular complexity index is 644. The maximum absolute atomic E-state index is 6.07. The van der Waals surface area contributed by atoms with Crippen LogP contribution in [0.25, 0.3) is 11.5 Å². The number of rotatable bonds is 3. The van der Waals surface area contributed by atoms with E-state index in [2.05, 4.69) is 10.1 Å². The topological polar surface area (TPSA) is 74.2 Å². The molecular weight excluding hydrogens is 330 g/mol. The van der Waals surface area contributed by atoms with E-state index in [4.69, 9.17) is 26.6 Å². The Morgan fingerprint density at radius 2 is 2.29 bits per heavy atom. The molecule has 112 valence electrons. The number of nitrogens with two attached hydrogens (primary N) is 1. The van der Waals surface area contributed by atoms with E-state index >= 15 is 0 Å². The third-order valence-electron chi connectivity index (χ3n) is 3.09. The summed E-state index contributed by atoms with van der Waals surface area (Å²) in [5, 5.41) is 4.81. The molecule has 0 bridgehead atoms. The van der Waals surface area contributed by atoms with Crippen LogP contribution in [0.2, 0.25) is 5.02 Å². The van der Waals surface area contributed by atoms with Gasteiger partial charge in [-0.2, -0.15) is 16.7 Å². The first-order valence-electron chi connectivity index (χ1n) is 6.35. The summed E-state index contributed by atoms with van der Waals surface area (Å²) < 4.78 is 10.7. The average Bonchev–Trinajstić information content (AvgIpc) is 3.00. The highest BCUT2D eigenvalue weighted by atomic mass is 35.5. The molecule has 1 atom stereocenters. The summed E-state index contributed by atoms with van der Waals surface area (Å²) in [6.07, 6.45) is 0. The van der Waals surface area contributed by atoms with Gasteiger partial charge in [0.15, 0.2) is 5.82 Å². The van der Waals surface area contributed by atoms with E-state index in [9.17, 15) is 0 Å². The molecule has 1 aliphatic rings. The van der Waals surface area contributed by atoms with Crippen LogP contribution in [0.5, 0.6) is 5.75 Å². The zero-order valence-electron chi connectivity index (χ0n) is 11.3. The number of benzene rings is 1. The molecule has 5 nitrogen and oxygen atoms in total. The van der Waals surface area contributed by atoms with E-state index in [1.54, 1.807) is 19.2 Å². The van der Waals surface area contributed by atoms with Crippen LogP contribution in [0.3, 0.4) is 0 Å². The van der Waals surface area contributed by atoms with Gasteiger partial charge in [0.1, 0.15) is 5.75 Å². The normalized spacial score (nSPS) is 18.7. The fraction of sp³-hybridized carbons (Fsp3) is 0.385. The second-order valence-corrected chi connectivity index (χ2v) is 7.33. The quantitative estimate of drug-likeness (QED) is 0.855. The molecule has 0 aliphatic carbocycles. The molecule has 2 N–H and O–H groups in total. The Kier molecular flexibility index (Phi) is 4.51. The van der Waals surface area contributed by atoms with Crippen LogP contribution < -0.4 is 10.5 Å². The minimum atomic E-state index is 0.275. The van der Waals surface area contributed by atoms with Gasteiger partial charge in [0.25, 0.3) is 5.89 Å². The van der Waals surface area contributed by atoms with Gasteiger partial charge in [0.05, 0.1) is 28.6 Å². The Balaban J connectivity index is 1.94. The number of methoxy groups -OCH3 is 1. The minimum Gasteiger partial charge on any atom is -0.496 e. The molecule has 3 rings (SSSR count). The molecule has 2 heterocycles. The van der Waals surface area contributed by atoms with Crippen molar-refractivity contribution < 1.29 is 9.26 Å². The zero-order chi connectivity index (χ0) is 14.8. The van der Waals surface area contributed by atoms with Crippen LogP contribution in [-0.2, 0) is 0 Å². The molecule has 1 aromatic carbocycles. The summed E-state index contributed by atoms with van der Waals surface area (Å²) >= 11 is 9.84. The van der Waals surface area contributed by atoms with Crippen LogP contribution in [0.1, 0.15) is 11.1 Å². The maximum Gasteiger partial charge on any atom is 0.261 e. The molecule has 0 amide bonds. The summed E-state index contributed by atoms with van der Waals surface area (Å²) in [6.45, 7) is 0. The fourth-order valence-corrected chi connectivity index (χ4v) is 4.77. The van der Waals surface area contributed by atoms with E-state index in [1.165, 1.54) is 5.75 Å². The van der Waals surface area contributed by atoms with Gasteiger partial charge in [-0.1, -0.05) is 16.8 Å². The van der Waals surface area contributed by atoms with Crippen molar-refractivity contribution in [2.45, 2.75) is 5.25 Å². The molecule has 1 unspecified atom stereocenters. The zero-order valence-corrected chi connectivity index (χ0v) is 13.7. The van der Waals surface area contributed by atoms with Crippen LogP contribution in [0.4, 0.5) is 5.69 Å². The number of ether oxygens (including phenoxy) is 1. The van der Waals surface area contributed by atoms with Crippen LogP contribution >= 0.6 is 35.1 Å². The molecule has 1 aliphatic heterocycles. The van der Waals surface area contributed by atoms with Crippen molar-refractivity contribution in [2.75, 3.05) is 30.1 Å². The van der Waals surface area contributed by atoms with E-state index in [-0.39, 0.29) is 5.25 Å². The molecule has 21 heavy (non-hydrogen) atoms. The first kappa shape index (κ1) is 14.9. The van der Waals surface area contributed by atoms with E-state index < -0.39 is 0 Å². The monoisotopic (exact) mass is 343 g/mol. The lowest BCUT2D eigenvalue weighted by Gasteiger charge is -2.17. The number of anilines is 1. The number of hydrogen-bond acceptors (Lipinski definition) is 7. The minimum absolute atomic E-state index is 0.275. The first-order chi connectivity index (χ1) is 10.2. The number of nitrogen functional groups attached to an aromatic ring is 1. The van der Waals surface area contributed by atoms with Crippen molar-refractivity contribution in [1.82, 2.24) is 10.1 Å². The van der Waals surface area contributed by atoms with E-state index in [0.29, 0.717) is 27.9 Å². The van der Waals surface area contributed by atoms with Gasteiger partial charge in [-0.15, -0.1) is 11.8 Å². The molecule has 1 fully saturated rings. The van der Waals surface area contributed by atoms with Gasteiger partial charge in [0, 0.05) is 23.3 Å². The highest BCUT2D eigenvalue weighted by molar-refractivity contribution is 8.06. The van der Waals surface area contributed by atoms with E-state index in [0.717, 1.165) is 17.3 Å². The van der Waals surface area contributed by atoms with Crippen LogP contribution in [-0.4, -0.2) is 34.5 Å². The summed E-state index contributed by atoms with van der Waals surface area (Å²) in [5.74, 6) is 4.97. The lowest BCUT2D eigenvalue weighted by Crippen LogP contribution is -2.07.